The van der Waals surface area contributed by atoms with Crippen LogP contribution in [0.1, 0.15) is 32.6 Å². The number of carbonyl (C=O) groups is 1. The van der Waals surface area contributed by atoms with Gasteiger partial charge in [0.25, 0.3) is 0 Å². The number of ether oxygens (including phenoxy) is 1. The van der Waals surface area contributed by atoms with Crippen molar-refractivity contribution in [3.63, 3.8) is 0 Å². The fourth-order valence-corrected chi connectivity index (χ4v) is 1.76. The molecule has 1 amide bonds. The highest BCUT2D eigenvalue weighted by Crippen LogP contribution is 2.34. The lowest BCUT2D eigenvalue weighted by Crippen LogP contribution is -2.50. The Kier molecular flexibility index (Phi) is 3.89. The molecule has 0 saturated heterocycles. The van der Waals surface area contributed by atoms with E-state index in [-0.39, 0.29) is 17.6 Å². The molecule has 0 aromatic heterocycles. The summed E-state index contributed by atoms with van der Waals surface area (Å²) in [5.41, 5.74) is 5.12. The zero-order chi connectivity index (χ0) is 10.6. The number of hydrogen-bond donors (Lipinski definition) is 2. The Hall–Kier alpha value is -0.610. The molecule has 0 radical (unpaired) electrons. The molecule has 1 rings (SSSR count). The van der Waals surface area contributed by atoms with Gasteiger partial charge in [-0.3, -0.25) is 4.79 Å². The molecule has 1 aliphatic rings. The van der Waals surface area contributed by atoms with Gasteiger partial charge < -0.3 is 15.8 Å². The van der Waals surface area contributed by atoms with Gasteiger partial charge in [-0.25, -0.2) is 0 Å². The third kappa shape index (κ3) is 2.96. The highest BCUT2D eigenvalue weighted by Gasteiger charge is 2.36. The van der Waals surface area contributed by atoms with Crippen LogP contribution in [0.4, 0.5) is 0 Å². The molecule has 1 aliphatic carbocycles. The lowest BCUT2D eigenvalue weighted by atomic mass is 9.80. The van der Waals surface area contributed by atoms with Crippen molar-refractivity contribution in [1.29, 1.82) is 0 Å². The van der Waals surface area contributed by atoms with Crippen LogP contribution in [0, 0.1) is 0 Å². The molecule has 14 heavy (non-hydrogen) atoms. The summed E-state index contributed by atoms with van der Waals surface area (Å²) in [5, 5.41) is 3.28. The van der Waals surface area contributed by atoms with E-state index in [1.807, 2.05) is 6.92 Å². The molecule has 4 nitrogen and oxygen atoms in total. The maximum Gasteiger partial charge on any atom is 0.218 e. The smallest absolute Gasteiger partial charge is 0.218 e. The van der Waals surface area contributed by atoms with E-state index >= 15 is 0 Å². The highest BCUT2D eigenvalue weighted by atomic mass is 16.5. The fraction of sp³-hybridized carbons (Fsp3) is 0.900. The van der Waals surface area contributed by atoms with Crippen LogP contribution >= 0.6 is 0 Å². The minimum Gasteiger partial charge on any atom is -0.377 e. The molecular weight excluding hydrogens is 180 g/mol. The Balaban J connectivity index is 2.21. The normalized spacial score (nSPS) is 21.3. The SMILES string of the molecule is COC1(CNC(C)CC(N)=O)CCC1. The number of hydrogen-bond acceptors (Lipinski definition) is 3. The topological polar surface area (TPSA) is 64.3 Å². The van der Waals surface area contributed by atoms with Crippen LogP contribution in [0.15, 0.2) is 0 Å². The fourth-order valence-electron chi connectivity index (χ4n) is 1.76. The van der Waals surface area contributed by atoms with Crippen molar-refractivity contribution >= 4 is 5.91 Å². The largest absolute Gasteiger partial charge is 0.377 e. The summed E-state index contributed by atoms with van der Waals surface area (Å²) in [5.74, 6) is -0.259. The number of nitrogens with one attached hydrogen (secondary N) is 1. The molecule has 1 unspecified atom stereocenters. The Bertz CT molecular complexity index is 197. The second-order valence-electron chi connectivity index (χ2n) is 4.19. The Labute approximate surface area is 85.2 Å². The maximum atomic E-state index is 10.6. The standard InChI is InChI=1S/C10H20N2O2/c1-8(6-9(11)13)12-7-10(14-2)4-3-5-10/h8,12H,3-7H2,1-2H3,(H2,11,13). The molecule has 1 saturated carbocycles. The van der Waals surface area contributed by atoms with Crippen molar-refractivity contribution < 1.29 is 9.53 Å². The molecule has 0 heterocycles. The lowest BCUT2D eigenvalue weighted by Gasteiger charge is -2.41. The van der Waals surface area contributed by atoms with Gasteiger partial charge in [-0.2, -0.15) is 0 Å². The summed E-state index contributed by atoms with van der Waals surface area (Å²) in [6.45, 7) is 2.78. The van der Waals surface area contributed by atoms with Crippen molar-refractivity contribution in [3.05, 3.63) is 0 Å². The van der Waals surface area contributed by atoms with E-state index in [0.29, 0.717) is 6.42 Å². The number of methoxy groups -OCH3 is 1. The average molecular weight is 200 g/mol. The maximum absolute atomic E-state index is 10.6. The summed E-state index contributed by atoms with van der Waals surface area (Å²) in [7, 11) is 1.75. The van der Waals surface area contributed by atoms with Gasteiger partial charge in [-0.1, -0.05) is 0 Å². The van der Waals surface area contributed by atoms with E-state index in [1.54, 1.807) is 7.11 Å². The molecule has 4 heteroatoms. The van der Waals surface area contributed by atoms with Crippen LogP contribution in [0.3, 0.4) is 0 Å². The molecule has 0 spiro atoms. The number of primary amides is 1. The van der Waals surface area contributed by atoms with Crippen LogP contribution in [0.2, 0.25) is 0 Å². The quantitative estimate of drug-likeness (QED) is 0.652. The summed E-state index contributed by atoms with van der Waals surface area (Å²) < 4.78 is 5.45. The summed E-state index contributed by atoms with van der Waals surface area (Å²) in [4.78, 5) is 10.6. The van der Waals surface area contributed by atoms with Crippen LogP contribution in [0.5, 0.6) is 0 Å². The first-order valence-electron chi connectivity index (χ1n) is 5.15. The minimum absolute atomic E-state index is 0.0197. The van der Waals surface area contributed by atoms with Gasteiger partial charge in [0.15, 0.2) is 0 Å². The van der Waals surface area contributed by atoms with Gasteiger partial charge in [-0.05, 0) is 26.2 Å². The minimum atomic E-state index is -0.259. The molecule has 0 aromatic rings. The van der Waals surface area contributed by atoms with Crippen molar-refractivity contribution in [2.45, 2.75) is 44.2 Å². The molecule has 0 aliphatic heterocycles. The van der Waals surface area contributed by atoms with Gasteiger partial charge in [0.05, 0.1) is 5.60 Å². The number of nitrogens with two attached hydrogens (primary N) is 1. The van der Waals surface area contributed by atoms with Crippen LogP contribution in [0.25, 0.3) is 0 Å². The van der Waals surface area contributed by atoms with Crippen molar-refractivity contribution in [2.24, 2.45) is 5.73 Å². The molecule has 1 fully saturated rings. The van der Waals surface area contributed by atoms with Gasteiger partial charge in [0.1, 0.15) is 0 Å². The van der Waals surface area contributed by atoms with E-state index in [2.05, 4.69) is 5.32 Å². The Morgan fingerprint density at radius 2 is 2.29 bits per heavy atom. The van der Waals surface area contributed by atoms with E-state index < -0.39 is 0 Å². The lowest BCUT2D eigenvalue weighted by molar-refractivity contribution is -0.118. The predicted octanol–water partition coefficient (Wildman–Crippen LogP) is 0.409. The zero-order valence-corrected chi connectivity index (χ0v) is 9.01. The summed E-state index contributed by atoms with van der Waals surface area (Å²) >= 11 is 0. The van der Waals surface area contributed by atoms with Gasteiger partial charge in [0, 0.05) is 26.1 Å². The average Bonchev–Trinajstić information content (AvgIpc) is 2.01. The first kappa shape index (κ1) is 11.5. The van der Waals surface area contributed by atoms with Gasteiger partial charge in [-0.15, -0.1) is 0 Å². The number of carbonyl (C=O) groups excluding carboxylic acids is 1. The predicted molar refractivity (Wildman–Crippen MR) is 54.9 cm³/mol. The van der Waals surface area contributed by atoms with E-state index in [1.165, 1.54) is 6.42 Å². The van der Waals surface area contributed by atoms with Crippen LogP contribution < -0.4 is 11.1 Å². The van der Waals surface area contributed by atoms with Crippen LogP contribution in [-0.4, -0.2) is 31.2 Å². The van der Waals surface area contributed by atoms with Crippen molar-refractivity contribution in [3.8, 4) is 0 Å². The third-order valence-corrected chi connectivity index (χ3v) is 2.98. The molecule has 1 atom stereocenters. The summed E-state index contributed by atoms with van der Waals surface area (Å²) in [6.07, 6.45) is 3.85. The number of rotatable bonds is 6. The first-order chi connectivity index (χ1) is 6.58. The van der Waals surface area contributed by atoms with Crippen LogP contribution in [-0.2, 0) is 9.53 Å². The Morgan fingerprint density at radius 1 is 1.64 bits per heavy atom. The molecule has 0 aromatic carbocycles. The second-order valence-corrected chi connectivity index (χ2v) is 4.19. The number of amides is 1. The highest BCUT2D eigenvalue weighted by molar-refractivity contribution is 5.74. The van der Waals surface area contributed by atoms with E-state index in [0.717, 1.165) is 19.4 Å². The molecular formula is C10H20N2O2. The first-order valence-corrected chi connectivity index (χ1v) is 5.15. The van der Waals surface area contributed by atoms with E-state index in [9.17, 15) is 4.79 Å². The van der Waals surface area contributed by atoms with Crippen molar-refractivity contribution in [2.75, 3.05) is 13.7 Å². The van der Waals surface area contributed by atoms with E-state index in [4.69, 9.17) is 10.5 Å². The Morgan fingerprint density at radius 3 is 2.64 bits per heavy atom. The summed E-state index contributed by atoms with van der Waals surface area (Å²) in [6, 6.07) is 0.139. The second kappa shape index (κ2) is 4.75. The molecule has 0 bridgehead atoms. The van der Waals surface area contributed by atoms with Crippen molar-refractivity contribution in [1.82, 2.24) is 5.32 Å². The zero-order valence-electron chi connectivity index (χ0n) is 9.01. The monoisotopic (exact) mass is 200 g/mol. The van der Waals surface area contributed by atoms with Gasteiger partial charge in [0.2, 0.25) is 5.91 Å². The third-order valence-electron chi connectivity index (χ3n) is 2.98. The molecule has 3 N–H and O–H groups in total. The molecule has 82 valence electrons. The van der Waals surface area contributed by atoms with Gasteiger partial charge >= 0.3 is 0 Å².